The van der Waals surface area contributed by atoms with Crippen molar-refractivity contribution in [1.82, 2.24) is 9.88 Å². The van der Waals surface area contributed by atoms with E-state index in [1.54, 1.807) is 17.3 Å². The molecule has 0 N–H and O–H groups in total. The summed E-state index contributed by atoms with van der Waals surface area (Å²) in [5, 5.41) is 0. The largest absolute Gasteiger partial charge is 0.485 e. The molecule has 0 unspecified atom stereocenters. The second-order valence-corrected chi connectivity index (χ2v) is 5.89. The minimum Gasteiger partial charge on any atom is -0.485 e. The predicted octanol–water partition coefficient (Wildman–Crippen LogP) is 2.59. The zero-order chi connectivity index (χ0) is 13.9. The average molecular weight is 380 g/mol. The maximum absolute atomic E-state index is 12.2. The van der Waals surface area contributed by atoms with Crippen LogP contribution in [0.15, 0.2) is 48.8 Å². The molecule has 1 aliphatic heterocycles. The molecular formula is C15H13IN2O2. The van der Waals surface area contributed by atoms with E-state index in [2.05, 4.69) is 27.6 Å². The van der Waals surface area contributed by atoms with Crippen molar-refractivity contribution in [2.75, 3.05) is 13.1 Å². The topological polar surface area (TPSA) is 42.4 Å². The number of hydrogen-bond acceptors (Lipinski definition) is 3. The number of hydrogen-bond donors (Lipinski definition) is 0. The lowest BCUT2D eigenvalue weighted by Crippen LogP contribution is -2.56. The van der Waals surface area contributed by atoms with Gasteiger partial charge in [-0.3, -0.25) is 9.78 Å². The highest BCUT2D eigenvalue weighted by Gasteiger charge is 2.32. The average Bonchev–Trinajstić information content (AvgIpc) is 2.43. The number of amides is 1. The fraction of sp³-hybridized carbons (Fsp3) is 0.200. The van der Waals surface area contributed by atoms with Crippen molar-refractivity contribution < 1.29 is 9.53 Å². The smallest absolute Gasteiger partial charge is 0.254 e. The number of rotatable bonds is 3. The lowest BCUT2D eigenvalue weighted by atomic mass is 10.1. The monoisotopic (exact) mass is 380 g/mol. The van der Waals surface area contributed by atoms with Crippen molar-refractivity contribution in [2.24, 2.45) is 0 Å². The van der Waals surface area contributed by atoms with Crippen LogP contribution < -0.4 is 4.74 Å². The van der Waals surface area contributed by atoms with Crippen LogP contribution in [0.25, 0.3) is 0 Å². The number of pyridine rings is 1. The zero-order valence-corrected chi connectivity index (χ0v) is 12.9. The number of carbonyl (C=O) groups excluding carboxylic acids is 1. The molecule has 0 aliphatic carbocycles. The van der Waals surface area contributed by atoms with Crippen LogP contribution in [0.5, 0.6) is 5.75 Å². The van der Waals surface area contributed by atoms with E-state index in [4.69, 9.17) is 4.74 Å². The van der Waals surface area contributed by atoms with E-state index in [0.717, 1.165) is 14.9 Å². The number of nitrogens with zero attached hydrogens (tertiary/aromatic N) is 2. The van der Waals surface area contributed by atoms with Crippen LogP contribution >= 0.6 is 22.6 Å². The summed E-state index contributed by atoms with van der Waals surface area (Å²) in [6.45, 7) is 1.25. The van der Waals surface area contributed by atoms with Crippen molar-refractivity contribution in [3.05, 3.63) is 57.9 Å². The predicted molar refractivity (Wildman–Crippen MR) is 83.7 cm³/mol. The molecule has 5 heteroatoms. The Morgan fingerprint density at radius 3 is 2.85 bits per heavy atom. The Kier molecular flexibility index (Phi) is 3.86. The minimum atomic E-state index is 0.0611. The molecule has 1 amide bonds. The van der Waals surface area contributed by atoms with E-state index in [9.17, 15) is 4.79 Å². The summed E-state index contributed by atoms with van der Waals surface area (Å²) >= 11 is 2.21. The van der Waals surface area contributed by atoms with Crippen molar-refractivity contribution >= 4 is 28.5 Å². The Bertz CT molecular complexity index is 612. The first-order valence-electron chi connectivity index (χ1n) is 6.34. The second-order valence-electron chi connectivity index (χ2n) is 4.65. The highest BCUT2D eigenvalue weighted by molar-refractivity contribution is 14.1. The molecule has 0 bridgehead atoms. The number of ether oxygens (including phenoxy) is 1. The summed E-state index contributed by atoms with van der Waals surface area (Å²) in [4.78, 5) is 18.0. The molecular weight excluding hydrogens is 367 g/mol. The Hall–Kier alpha value is -1.63. The van der Waals surface area contributed by atoms with E-state index in [1.807, 2.05) is 36.4 Å². The normalized spacial score (nSPS) is 14.8. The first-order chi connectivity index (χ1) is 9.72. The molecule has 4 nitrogen and oxygen atoms in total. The van der Waals surface area contributed by atoms with E-state index < -0.39 is 0 Å². The molecule has 102 valence electrons. The van der Waals surface area contributed by atoms with Gasteiger partial charge in [-0.2, -0.15) is 0 Å². The Balaban J connectivity index is 1.56. The van der Waals surface area contributed by atoms with Crippen LogP contribution in [0.4, 0.5) is 0 Å². The SMILES string of the molecule is O=C(c1cccc(I)c1)N1CC(Oc2cccnc2)C1. The minimum absolute atomic E-state index is 0.0611. The van der Waals surface area contributed by atoms with Gasteiger partial charge >= 0.3 is 0 Å². The Morgan fingerprint density at radius 2 is 2.15 bits per heavy atom. The molecule has 1 aromatic carbocycles. The van der Waals surface area contributed by atoms with Crippen LogP contribution in [-0.2, 0) is 0 Å². The summed E-state index contributed by atoms with van der Waals surface area (Å²) in [5.41, 5.74) is 0.733. The first kappa shape index (κ1) is 13.4. The summed E-state index contributed by atoms with van der Waals surface area (Å²) in [7, 11) is 0. The van der Waals surface area contributed by atoms with E-state index in [0.29, 0.717) is 13.1 Å². The van der Waals surface area contributed by atoms with Crippen LogP contribution in [-0.4, -0.2) is 35.0 Å². The van der Waals surface area contributed by atoms with Gasteiger partial charge in [0.25, 0.3) is 5.91 Å². The second kappa shape index (κ2) is 5.78. The standard InChI is InChI=1S/C15H13IN2O2/c16-12-4-1-3-11(7-12)15(19)18-9-14(10-18)20-13-5-2-6-17-8-13/h1-8,14H,9-10H2. The van der Waals surface area contributed by atoms with Crippen LogP contribution in [0.2, 0.25) is 0 Å². The maximum atomic E-state index is 12.2. The van der Waals surface area contributed by atoms with Crippen LogP contribution in [0.3, 0.4) is 0 Å². The molecule has 1 aliphatic rings. The highest BCUT2D eigenvalue weighted by atomic mass is 127. The maximum Gasteiger partial charge on any atom is 0.254 e. The van der Waals surface area contributed by atoms with Gasteiger partial charge < -0.3 is 9.64 Å². The molecule has 3 rings (SSSR count). The van der Waals surface area contributed by atoms with Gasteiger partial charge in [0, 0.05) is 15.3 Å². The number of carbonyl (C=O) groups is 1. The third-order valence-corrected chi connectivity index (χ3v) is 3.81. The molecule has 1 fully saturated rings. The van der Waals surface area contributed by atoms with Gasteiger partial charge in [0.2, 0.25) is 0 Å². The van der Waals surface area contributed by atoms with Gasteiger partial charge in [-0.25, -0.2) is 0 Å². The third kappa shape index (κ3) is 2.92. The number of halogens is 1. The van der Waals surface area contributed by atoms with Gasteiger partial charge in [0.05, 0.1) is 19.3 Å². The fourth-order valence-corrected chi connectivity index (χ4v) is 2.63. The van der Waals surface area contributed by atoms with Crippen molar-refractivity contribution in [3.63, 3.8) is 0 Å². The van der Waals surface area contributed by atoms with E-state index >= 15 is 0 Å². The van der Waals surface area contributed by atoms with Crippen molar-refractivity contribution in [2.45, 2.75) is 6.10 Å². The Morgan fingerprint density at radius 1 is 1.30 bits per heavy atom. The van der Waals surface area contributed by atoms with Crippen LogP contribution in [0.1, 0.15) is 10.4 Å². The quantitative estimate of drug-likeness (QED) is 0.769. The summed E-state index contributed by atoms with van der Waals surface area (Å²) < 4.78 is 6.80. The summed E-state index contributed by atoms with van der Waals surface area (Å²) in [6, 6.07) is 11.3. The number of aromatic nitrogens is 1. The number of benzene rings is 1. The van der Waals surface area contributed by atoms with Gasteiger partial charge in [-0.05, 0) is 52.9 Å². The summed E-state index contributed by atoms with van der Waals surface area (Å²) in [6.07, 6.45) is 3.45. The fourth-order valence-electron chi connectivity index (χ4n) is 2.09. The van der Waals surface area contributed by atoms with Crippen molar-refractivity contribution in [3.8, 4) is 5.75 Å². The van der Waals surface area contributed by atoms with E-state index in [-0.39, 0.29) is 12.0 Å². The van der Waals surface area contributed by atoms with Gasteiger partial charge in [0.1, 0.15) is 11.9 Å². The molecule has 1 saturated heterocycles. The van der Waals surface area contributed by atoms with Crippen molar-refractivity contribution in [1.29, 1.82) is 0 Å². The molecule has 2 aromatic rings. The molecule has 0 radical (unpaired) electrons. The van der Waals surface area contributed by atoms with E-state index in [1.165, 1.54) is 0 Å². The molecule has 0 spiro atoms. The molecule has 1 aromatic heterocycles. The Labute approximate surface area is 130 Å². The van der Waals surface area contributed by atoms with Crippen LogP contribution in [0, 0.1) is 3.57 Å². The summed E-state index contributed by atoms with van der Waals surface area (Å²) in [5.74, 6) is 0.813. The molecule has 20 heavy (non-hydrogen) atoms. The van der Waals surface area contributed by atoms with Gasteiger partial charge in [-0.15, -0.1) is 0 Å². The number of likely N-dealkylation sites (tertiary alicyclic amines) is 1. The lowest BCUT2D eigenvalue weighted by Gasteiger charge is -2.38. The molecule has 0 atom stereocenters. The third-order valence-electron chi connectivity index (χ3n) is 3.14. The lowest BCUT2D eigenvalue weighted by molar-refractivity contribution is 0.0176. The molecule has 2 heterocycles. The van der Waals surface area contributed by atoms with Gasteiger partial charge in [0.15, 0.2) is 0 Å². The first-order valence-corrected chi connectivity index (χ1v) is 7.42. The highest BCUT2D eigenvalue weighted by Crippen LogP contribution is 2.19. The zero-order valence-electron chi connectivity index (χ0n) is 10.7. The van der Waals surface area contributed by atoms with Gasteiger partial charge in [-0.1, -0.05) is 6.07 Å². The molecule has 0 saturated carbocycles.